The molecule has 0 amide bonds. The van der Waals surface area contributed by atoms with Crippen molar-refractivity contribution >= 4 is 5.97 Å². The molecule has 1 heterocycles. The summed E-state index contributed by atoms with van der Waals surface area (Å²) in [6, 6.07) is 21.6. The van der Waals surface area contributed by atoms with Gasteiger partial charge in [-0.2, -0.15) is 0 Å². The minimum absolute atomic E-state index is 0.179. The molecule has 1 saturated heterocycles. The van der Waals surface area contributed by atoms with Gasteiger partial charge in [0.25, 0.3) is 0 Å². The summed E-state index contributed by atoms with van der Waals surface area (Å²) in [4.78, 5) is 13.9. The number of aliphatic carboxylic acids is 1. The molecule has 0 aliphatic carbocycles. The minimum Gasteiger partial charge on any atom is -0.497 e. The van der Waals surface area contributed by atoms with Crippen LogP contribution < -0.4 is 18.9 Å². The van der Waals surface area contributed by atoms with Gasteiger partial charge in [-0.25, -0.2) is 0 Å². The number of piperidine rings is 1. The largest absolute Gasteiger partial charge is 0.497 e. The highest BCUT2D eigenvalue weighted by atomic mass is 16.5. The molecule has 0 bridgehead atoms. The summed E-state index contributed by atoms with van der Waals surface area (Å²) in [6.07, 6.45) is 1.18. The van der Waals surface area contributed by atoms with Crippen molar-refractivity contribution in [3.63, 3.8) is 0 Å². The van der Waals surface area contributed by atoms with Crippen molar-refractivity contribution in [1.82, 2.24) is 4.90 Å². The molecular formula is C30H35NO6. The molecular weight excluding hydrogens is 470 g/mol. The molecule has 0 radical (unpaired) electrons. The summed E-state index contributed by atoms with van der Waals surface area (Å²) in [6.45, 7) is 4.20. The van der Waals surface area contributed by atoms with Gasteiger partial charge in [-0.05, 0) is 74.3 Å². The Morgan fingerprint density at radius 3 is 2.30 bits per heavy atom. The number of nitrogens with zero attached hydrogens (tertiary/aromatic N) is 1. The highest BCUT2D eigenvalue weighted by Crippen LogP contribution is 2.41. The smallest absolute Gasteiger partial charge is 0.306 e. The Morgan fingerprint density at radius 1 is 0.919 bits per heavy atom. The molecule has 0 aromatic heterocycles. The number of carboxylic acids is 1. The summed E-state index contributed by atoms with van der Waals surface area (Å²) in [7, 11) is 3.30. The lowest BCUT2D eigenvalue weighted by molar-refractivity contribution is -0.143. The molecule has 1 aliphatic heterocycles. The average molecular weight is 506 g/mol. The number of carbonyl (C=O) groups is 1. The van der Waals surface area contributed by atoms with Crippen molar-refractivity contribution < 1.29 is 28.8 Å². The average Bonchev–Trinajstić information content (AvgIpc) is 2.93. The first kappa shape index (κ1) is 26.4. The van der Waals surface area contributed by atoms with Gasteiger partial charge < -0.3 is 24.1 Å². The number of carboxylic acid groups (broad SMARTS) is 1. The predicted molar refractivity (Wildman–Crippen MR) is 142 cm³/mol. The van der Waals surface area contributed by atoms with Gasteiger partial charge in [-0.3, -0.25) is 9.69 Å². The lowest BCUT2D eigenvalue weighted by Gasteiger charge is -2.37. The summed E-state index contributed by atoms with van der Waals surface area (Å²) in [5.74, 6) is 1.77. The Bertz CT molecular complexity index is 1170. The van der Waals surface area contributed by atoms with Crippen molar-refractivity contribution in [2.45, 2.75) is 32.4 Å². The fourth-order valence-electron chi connectivity index (χ4n) is 4.86. The molecule has 1 atom stereocenters. The second-order valence-corrected chi connectivity index (χ2v) is 9.07. The van der Waals surface area contributed by atoms with E-state index in [1.807, 2.05) is 67.6 Å². The highest BCUT2D eigenvalue weighted by Gasteiger charge is 2.32. The number of hydrogen-bond donors (Lipinski definition) is 1. The Balaban J connectivity index is 1.71. The van der Waals surface area contributed by atoms with Crippen LogP contribution in [-0.2, 0) is 11.4 Å². The van der Waals surface area contributed by atoms with E-state index in [0.717, 1.165) is 28.2 Å². The van der Waals surface area contributed by atoms with E-state index >= 15 is 0 Å². The topological polar surface area (TPSA) is 77.5 Å². The van der Waals surface area contributed by atoms with Crippen LogP contribution >= 0.6 is 0 Å². The predicted octanol–water partition coefficient (Wildman–Crippen LogP) is 5.57. The first-order valence-corrected chi connectivity index (χ1v) is 12.7. The van der Waals surface area contributed by atoms with E-state index in [1.54, 1.807) is 14.2 Å². The number of benzene rings is 3. The normalized spacial score (nSPS) is 15.1. The van der Waals surface area contributed by atoms with Crippen molar-refractivity contribution in [3.8, 4) is 23.0 Å². The Hall–Kier alpha value is -3.71. The summed E-state index contributed by atoms with van der Waals surface area (Å²) in [5, 5.41) is 9.52. The molecule has 7 nitrogen and oxygen atoms in total. The number of hydrogen-bond acceptors (Lipinski definition) is 6. The van der Waals surface area contributed by atoms with Crippen molar-refractivity contribution in [2.24, 2.45) is 5.92 Å². The Labute approximate surface area is 218 Å². The van der Waals surface area contributed by atoms with Gasteiger partial charge in [0.1, 0.15) is 18.1 Å². The number of likely N-dealkylation sites (tertiary alicyclic amines) is 1. The number of rotatable bonds is 11. The maximum atomic E-state index is 11.6. The molecule has 196 valence electrons. The van der Waals surface area contributed by atoms with E-state index in [1.165, 1.54) is 0 Å². The highest BCUT2D eigenvalue weighted by molar-refractivity contribution is 5.70. The van der Waals surface area contributed by atoms with Crippen LogP contribution in [0.1, 0.15) is 42.5 Å². The molecule has 1 N–H and O–H groups in total. The van der Waals surface area contributed by atoms with E-state index in [9.17, 15) is 9.90 Å². The fraction of sp³-hybridized carbons (Fsp3) is 0.367. The van der Waals surface area contributed by atoms with Crippen LogP contribution in [0.25, 0.3) is 0 Å². The lowest BCUT2D eigenvalue weighted by Crippen LogP contribution is -2.39. The van der Waals surface area contributed by atoms with Gasteiger partial charge >= 0.3 is 5.97 Å². The third-order valence-electron chi connectivity index (χ3n) is 6.80. The molecule has 37 heavy (non-hydrogen) atoms. The Kier molecular flexibility index (Phi) is 8.90. The van der Waals surface area contributed by atoms with E-state index < -0.39 is 5.97 Å². The van der Waals surface area contributed by atoms with Gasteiger partial charge in [0, 0.05) is 5.56 Å². The molecule has 1 fully saturated rings. The first-order chi connectivity index (χ1) is 18.0. The molecule has 1 aliphatic rings. The van der Waals surface area contributed by atoms with Crippen LogP contribution in [0.2, 0.25) is 0 Å². The first-order valence-electron chi connectivity index (χ1n) is 12.7. The summed E-state index contributed by atoms with van der Waals surface area (Å²) >= 11 is 0. The maximum Gasteiger partial charge on any atom is 0.306 e. The summed E-state index contributed by atoms with van der Waals surface area (Å²) < 4.78 is 23.4. The zero-order valence-electron chi connectivity index (χ0n) is 21.7. The fourth-order valence-corrected chi connectivity index (χ4v) is 4.86. The maximum absolute atomic E-state index is 11.6. The third-order valence-corrected chi connectivity index (χ3v) is 6.80. The molecule has 0 spiro atoms. The molecule has 1 unspecified atom stereocenters. The standard InChI is InChI=1S/C30H35NO6/c1-4-36-28-18-23(10-12-27(28)37-20-21-8-6-5-7-9-21)29(31-16-14-22(15-17-31)30(32)33)25-19-24(34-2)11-13-26(25)35-3/h5-13,18-19,22,29H,4,14-17,20H2,1-3H3,(H,32,33). The van der Waals surface area contributed by atoms with Gasteiger partial charge in [-0.1, -0.05) is 36.4 Å². The summed E-state index contributed by atoms with van der Waals surface area (Å²) in [5.41, 5.74) is 3.04. The Morgan fingerprint density at radius 2 is 1.65 bits per heavy atom. The van der Waals surface area contributed by atoms with Crippen LogP contribution in [0.5, 0.6) is 23.0 Å². The van der Waals surface area contributed by atoms with E-state index in [-0.39, 0.29) is 12.0 Å². The van der Waals surface area contributed by atoms with Gasteiger partial charge in [0.2, 0.25) is 0 Å². The molecule has 3 aromatic carbocycles. The zero-order valence-corrected chi connectivity index (χ0v) is 21.7. The van der Waals surface area contributed by atoms with Crippen LogP contribution in [0, 0.1) is 5.92 Å². The molecule has 0 saturated carbocycles. The lowest BCUT2D eigenvalue weighted by atomic mass is 9.90. The van der Waals surface area contributed by atoms with Gasteiger partial charge in [-0.15, -0.1) is 0 Å². The number of ether oxygens (including phenoxy) is 4. The monoisotopic (exact) mass is 505 g/mol. The molecule has 7 heteroatoms. The minimum atomic E-state index is -0.728. The van der Waals surface area contributed by atoms with Gasteiger partial charge in [0.15, 0.2) is 11.5 Å². The van der Waals surface area contributed by atoms with Gasteiger partial charge in [0.05, 0.1) is 32.8 Å². The second kappa shape index (κ2) is 12.5. The van der Waals surface area contributed by atoms with Crippen molar-refractivity contribution in [1.29, 1.82) is 0 Å². The van der Waals surface area contributed by atoms with E-state index in [0.29, 0.717) is 50.6 Å². The SMILES string of the molecule is CCOc1cc(C(c2cc(OC)ccc2OC)N2CCC(C(=O)O)CC2)ccc1OCc1ccccc1. The van der Waals surface area contributed by atoms with Crippen LogP contribution in [-0.4, -0.2) is 49.9 Å². The molecule has 4 rings (SSSR count). The van der Waals surface area contributed by atoms with Crippen LogP contribution in [0.15, 0.2) is 66.7 Å². The van der Waals surface area contributed by atoms with E-state index in [2.05, 4.69) is 11.0 Å². The quantitative estimate of drug-likeness (QED) is 0.365. The van der Waals surface area contributed by atoms with Crippen molar-refractivity contribution in [2.75, 3.05) is 33.9 Å². The third kappa shape index (κ3) is 6.35. The van der Waals surface area contributed by atoms with Crippen LogP contribution in [0.3, 0.4) is 0 Å². The number of methoxy groups -OCH3 is 2. The molecule has 3 aromatic rings. The van der Waals surface area contributed by atoms with Crippen LogP contribution in [0.4, 0.5) is 0 Å². The van der Waals surface area contributed by atoms with E-state index in [4.69, 9.17) is 18.9 Å². The second-order valence-electron chi connectivity index (χ2n) is 9.07. The zero-order chi connectivity index (χ0) is 26.2. The van der Waals surface area contributed by atoms with Crippen molar-refractivity contribution in [3.05, 3.63) is 83.4 Å².